The molecule has 1 aliphatic rings. The van der Waals surface area contributed by atoms with E-state index in [1.807, 2.05) is 0 Å². The zero-order valence-electron chi connectivity index (χ0n) is 10.7. The van der Waals surface area contributed by atoms with Crippen LogP contribution in [0.4, 0.5) is 10.2 Å². The highest BCUT2D eigenvalue weighted by molar-refractivity contribution is 5.75. The first-order valence-electron chi connectivity index (χ1n) is 6.12. The summed E-state index contributed by atoms with van der Waals surface area (Å²) in [5.41, 5.74) is 6.27. The van der Waals surface area contributed by atoms with Crippen molar-refractivity contribution in [3.63, 3.8) is 0 Å². The van der Waals surface area contributed by atoms with Gasteiger partial charge in [0.15, 0.2) is 17.7 Å². The number of nitrogen functional groups attached to an aromatic ring is 1. The van der Waals surface area contributed by atoms with Crippen LogP contribution in [0.25, 0.3) is 5.52 Å². The van der Waals surface area contributed by atoms with E-state index >= 15 is 0 Å². The van der Waals surface area contributed by atoms with Gasteiger partial charge in [-0.15, -0.1) is 0 Å². The molecule has 2 atom stereocenters. The Morgan fingerprint density at radius 3 is 3.15 bits per heavy atom. The van der Waals surface area contributed by atoms with Gasteiger partial charge in [-0.05, 0) is 12.8 Å². The Bertz CT molecular complexity index is 672. The summed E-state index contributed by atoms with van der Waals surface area (Å²) >= 11 is 0. The van der Waals surface area contributed by atoms with Crippen molar-refractivity contribution in [3.8, 4) is 0 Å². The molecule has 8 heteroatoms. The maximum Gasteiger partial charge on any atom is 0.335 e. The summed E-state index contributed by atoms with van der Waals surface area (Å²) in [6.07, 6.45) is 1.29. The van der Waals surface area contributed by atoms with Gasteiger partial charge in [-0.3, -0.25) is 0 Å². The van der Waals surface area contributed by atoms with Crippen molar-refractivity contribution < 1.29 is 18.7 Å². The maximum absolute atomic E-state index is 13.9. The molecule has 0 amide bonds. The van der Waals surface area contributed by atoms with Crippen LogP contribution >= 0.6 is 0 Å². The molecule has 0 aromatic carbocycles. The monoisotopic (exact) mass is 280 g/mol. The smallest absolute Gasteiger partial charge is 0.335 e. The van der Waals surface area contributed by atoms with Crippen molar-refractivity contribution in [2.75, 3.05) is 12.8 Å². The van der Waals surface area contributed by atoms with Gasteiger partial charge >= 0.3 is 5.97 Å². The van der Waals surface area contributed by atoms with E-state index in [1.54, 1.807) is 0 Å². The third-order valence-corrected chi connectivity index (χ3v) is 3.38. The molecule has 3 heterocycles. The number of fused-ring (bicyclic) bond motifs is 1. The van der Waals surface area contributed by atoms with Crippen molar-refractivity contribution in [2.45, 2.75) is 25.0 Å². The van der Waals surface area contributed by atoms with Crippen LogP contribution < -0.4 is 5.73 Å². The molecule has 1 fully saturated rings. The molecule has 0 radical (unpaired) electrons. The molecule has 7 nitrogen and oxygen atoms in total. The summed E-state index contributed by atoms with van der Waals surface area (Å²) in [6, 6.07) is 1.31. The molecule has 2 aromatic heterocycles. The Morgan fingerprint density at radius 1 is 1.60 bits per heavy atom. The van der Waals surface area contributed by atoms with Crippen LogP contribution in [-0.4, -0.2) is 33.8 Å². The summed E-state index contributed by atoms with van der Waals surface area (Å²) in [4.78, 5) is 15.2. The number of aromatic nitrogens is 3. The predicted octanol–water partition coefficient (Wildman–Crippen LogP) is 0.844. The van der Waals surface area contributed by atoms with Gasteiger partial charge in [-0.25, -0.2) is 18.7 Å². The highest BCUT2D eigenvalue weighted by Crippen LogP contribution is 2.35. The Balaban J connectivity index is 1.96. The van der Waals surface area contributed by atoms with Crippen LogP contribution in [-0.2, 0) is 14.3 Å². The lowest BCUT2D eigenvalue weighted by Crippen LogP contribution is -2.21. The number of rotatable bonds is 2. The number of anilines is 1. The van der Waals surface area contributed by atoms with Gasteiger partial charge < -0.3 is 15.2 Å². The van der Waals surface area contributed by atoms with Gasteiger partial charge in [-0.1, -0.05) is 0 Å². The van der Waals surface area contributed by atoms with Crippen LogP contribution in [0.15, 0.2) is 12.4 Å². The number of halogens is 1. The number of hydrogen-bond donors (Lipinski definition) is 1. The largest absolute Gasteiger partial charge is 0.467 e. The molecule has 20 heavy (non-hydrogen) atoms. The van der Waals surface area contributed by atoms with Crippen LogP contribution in [0.1, 0.15) is 24.6 Å². The summed E-state index contributed by atoms with van der Waals surface area (Å²) < 4.78 is 25.5. The number of carbonyl (C=O) groups excluding carboxylic acids is 1. The van der Waals surface area contributed by atoms with Crippen molar-refractivity contribution >= 4 is 17.3 Å². The standard InChI is InChI=1S/C12H13FN4O3/c1-19-12(18)9-3-2-8(20-9)7-4-6(13)10-11(14)15-5-16-17(7)10/h4-5,8-9H,2-3H2,1H3,(H2,14,15,16)/t8-,9+/m1/s1. The fourth-order valence-electron chi connectivity index (χ4n) is 2.43. The number of methoxy groups -OCH3 is 1. The normalized spacial score (nSPS) is 22.3. The molecule has 1 aliphatic heterocycles. The number of ether oxygens (including phenoxy) is 2. The molecule has 0 saturated carbocycles. The first-order valence-corrected chi connectivity index (χ1v) is 6.12. The van der Waals surface area contributed by atoms with Gasteiger partial charge in [0.2, 0.25) is 0 Å². The number of nitrogens with zero attached hydrogens (tertiary/aromatic N) is 3. The molecule has 0 spiro atoms. The van der Waals surface area contributed by atoms with E-state index in [0.717, 1.165) is 0 Å². The molecule has 0 aliphatic carbocycles. The number of esters is 1. The van der Waals surface area contributed by atoms with Crippen LogP contribution in [0.3, 0.4) is 0 Å². The fourth-order valence-corrected chi connectivity index (χ4v) is 2.43. The third-order valence-electron chi connectivity index (χ3n) is 3.38. The van der Waals surface area contributed by atoms with E-state index in [0.29, 0.717) is 18.5 Å². The highest BCUT2D eigenvalue weighted by atomic mass is 19.1. The first kappa shape index (κ1) is 12.8. The molecule has 1 saturated heterocycles. The van der Waals surface area contributed by atoms with E-state index in [9.17, 15) is 9.18 Å². The second-order valence-electron chi connectivity index (χ2n) is 4.54. The lowest BCUT2D eigenvalue weighted by Gasteiger charge is -2.11. The molecule has 2 aromatic rings. The zero-order chi connectivity index (χ0) is 14.3. The molecule has 0 bridgehead atoms. The van der Waals surface area contributed by atoms with Crippen molar-refractivity contribution in [2.24, 2.45) is 0 Å². The average molecular weight is 280 g/mol. The van der Waals surface area contributed by atoms with Gasteiger partial charge in [-0.2, -0.15) is 5.10 Å². The minimum Gasteiger partial charge on any atom is -0.467 e. The molecule has 0 unspecified atom stereocenters. The second-order valence-corrected chi connectivity index (χ2v) is 4.54. The van der Waals surface area contributed by atoms with Gasteiger partial charge in [0, 0.05) is 6.07 Å². The Kier molecular flexibility index (Phi) is 3.01. The lowest BCUT2D eigenvalue weighted by atomic mass is 10.1. The average Bonchev–Trinajstić information content (AvgIpc) is 3.04. The van der Waals surface area contributed by atoms with Crippen LogP contribution in [0.2, 0.25) is 0 Å². The minimum atomic E-state index is -0.627. The summed E-state index contributed by atoms with van der Waals surface area (Å²) in [7, 11) is 1.30. The van der Waals surface area contributed by atoms with E-state index in [4.69, 9.17) is 10.5 Å². The quantitative estimate of drug-likeness (QED) is 0.820. The zero-order valence-corrected chi connectivity index (χ0v) is 10.7. The summed E-state index contributed by atoms with van der Waals surface area (Å²) in [6.45, 7) is 0. The Hall–Kier alpha value is -2.22. The number of carbonyl (C=O) groups is 1. The van der Waals surface area contributed by atoms with Crippen LogP contribution in [0, 0.1) is 5.82 Å². The van der Waals surface area contributed by atoms with E-state index in [2.05, 4.69) is 14.8 Å². The van der Waals surface area contributed by atoms with Crippen molar-refractivity contribution in [1.82, 2.24) is 14.6 Å². The summed E-state index contributed by atoms with van der Waals surface area (Å²) in [5, 5.41) is 3.99. The highest BCUT2D eigenvalue weighted by Gasteiger charge is 2.34. The molecule has 106 valence electrons. The predicted molar refractivity (Wildman–Crippen MR) is 66.2 cm³/mol. The fraction of sp³-hybridized carbons (Fsp3) is 0.417. The molecular weight excluding hydrogens is 267 g/mol. The van der Waals surface area contributed by atoms with Crippen molar-refractivity contribution in [1.29, 1.82) is 0 Å². The third kappa shape index (κ3) is 1.88. The van der Waals surface area contributed by atoms with E-state index in [-0.39, 0.29) is 11.3 Å². The van der Waals surface area contributed by atoms with Gasteiger partial charge in [0.1, 0.15) is 17.9 Å². The SMILES string of the molecule is COC(=O)[C@@H]1CC[C@H](c2cc(F)c3c(N)ncnn23)O1. The summed E-state index contributed by atoms with van der Waals surface area (Å²) in [5.74, 6) is -0.877. The maximum atomic E-state index is 13.9. The lowest BCUT2D eigenvalue weighted by molar-refractivity contribution is -0.153. The number of hydrogen-bond acceptors (Lipinski definition) is 6. The molecular formula is C12H13FN4O3. The van der Waals surface area contributed by atoms with Crippen LogP contribution in [0.5, 0.6) is 0 Å². The van der Waals surface area contributed by atoms with E-state index < -0.39 is 24.0 Å². The van der Waals surface area contributed by atoms with E-state index in [1.165, 1.54) is 24.0 Å². The van der Waals surface area contributed by atoms with Gasteiger partial charge in [0.25, 0.3) is 0 Å². The van der Waals surface area contributed by atoms with Crippen molar-refractivity contribution in [3.05, 3.63) is 23.9 Å². The Labute approximate surface area is 113 Å². The van der Waals surface area contributed by atoms with Gasteiger partial charge in [0.05, 0.1) is 12.8 Å². The molecule has 3 rings (SSSR count). The first-order chi connectivity index (χ1) is 9.61. The number of nitrogens with two attached hydrogens (primary N) is 1. The minimum absolute atomic E-state index is 0.0614. The molecule has 2 N–H and O–H groups in total. The topological polar surface area (TPSA) is 91.7 Å². The second kappa shape index (κ2) is 4.71. The Morgan fingerprint density at radius 2 is 2.40 bits per heavy atom.